The predicted molar refractivity (Wildman–Crippen MR) is 66.9 cm³/mol. The number of para-hydroxylation sites is 1. The lowest BCUT2D eigenvalue weighted by molar-refractivity contribution is -0.144. The first kappa shape index (κ1) is 11.5. The third-order valence-electron chi connectivity index (χ3n) is 2.84. The molecule has 2 rings (SSSR count). The number of carbonyl (C=O) groups is 1. The van der Waals surface area contributed by atoms with Gasteiger partial charge in [0.2, 0.25) is 0 Å². The van der Waals surface area contributed by atoms with E-state index in [1.54, 1.807) is 0 Å². The molecule has 2 atom stereocenters. The Morgan fingerprint density at radius 1 is 1.50 bits per heavy atom. The highest BCUT2D eigenvalue weighted by Gasteiger charge is 2.40. The molecule has 0 fully saturated rings. The van der Waals surface area contributed by atoms with Crippen molar-refractivity contribution >= 4 is 27.6 Å². The fraction of sp³-hybridized carbons (Fsp3) is 0.417. The number of hydrogen-bond donors (Lipinski definition) is 0. The van der Waals surface area contributed by atoms with E-state index in [-0.39, 0.29) is 16.8 Å². The lowest BCUT2D eigenvalue weighted by atomic mass is 10.1. The van der Waals surface area contributed by atoms with Crippen molar-refractivity contribution in [1.29, 1.82) is 0 Å². The van der Waals surface area contributed by atoms with Crippen molar-refractivity contribution in [2.45, 2.75) is 17.8 Å². The van der Waals surface area contributed by atoms with Crippen molar-refractivity contribution in [3.05, 3.63) is 29.8 Å². The molecule has 0 saturated heterocycles. The molecule has 16 heavy (non-hydrogen) atoms. The van der Waals surface area contributed by atoms with Crippen LogP contribution in [0.2, 0.25) is 0 Å². The summed E-state index contributed by atoms with van der Waals surface area (Å²) in [4.78, 5) is 13.8. The zero-order valence-electron chi connectivity index (χ0n) is 9.31. The molecule has 0 N–H and O–H groups in total. The number of hydrogen-bond acceptors (Lipinski definition) is 3. The van der Waals surface area contributed by atoms with Crippen molar-refractivity contribution in [1.82, 2.24) is 0 Å². The minimum absolute atomic E-state index is 0.00718. The molecule has 0 aliphatic carbocycles. The number of likely N-dealkylation sites (N-methyl/N-ethyl adjacent to an activating group) is 1. The largest absolute Gasteiger partial charge is 0.464 e. The average Bonchev–Trinajstić information content (AvgIpc) is 2.53. The quantitative estimate of drug-likeness (QED) is 0.617. The summed E-state index contributed by atoms with van der Waals surface area (Å²) < 4.78 is 5.09. The highest BCUT2D eigenvalue weighted by Crippen LogP contribution is 2.43. The third-order valence-corrected chi connectivity index (χ3v) is 3.83. The van der Waals surface area contributed by atoms with Gasteiger partial charge >= 0.3 is 5.97 Å². The fourth-order valence-electron chi connectivity index (χ4n) is 2.06. The zero-order valence-corrected chi connectivity index (χ0v) is 10.9. The van der Waals surface area contributed by atoms with Gasteiger partial charge in [-0.1, -0.05) is 34.1 Å². The Morgan fingerprint density at radius 2 is 2.19 bits per heavy atom. The highest BCUT2D eigenvalue weighted by molar-refractivity contribution is 9.09. The van der Waals surface area contributed by atoms with Gasteiger partial charge in [0.15, 0.2) is 0 Å². The van der Waals surface area contributed by atoms with Gasteiger partial charge in [0.25, 0.3) is 0 Å². The van der Waals surface area contributed by atoms with Crippen LogP contribution in [0.3, 0.4) is 0 Å². The number of fused-ring (bicyclic) bond motifs is 1. The summed E-state index contributed by atoms with van der Waals surface area (Å²) >= 11 is 3.57. The van der Waals surface area contributed by atoms with E-state index in [2.05, 4.69) is 15.9 Å². The van der Waals surface area contributed by atoms with Crippen molar-refractivity contribution < 1.29 is 9.53 Å². The minimum Gasteiger partial charge on any atom is -0.464 e. The van der Waals surface area contributed by atoms with Gasteiger partial charge < -0.3 is 9.64 Å². The maximum Gasteiger partial charge on any atom is 0.330 e. The van der Waals surface area contributed by atoms with Crippen LogP contribution in [0.25, 0.3) is 0 Å². The Hall–Kier alpha value is -1.03. The Labute approximate surface area is 104 Å². The Bertz CT molecular complexity index is 379. The summed E-state index contributed by atoms with van der Waals surface area (Å²) in [5.41, 5.74) is 2.23. The van der Waals surface area contributed by atoms with E-state index in [4.69, 9.17) is 4.74 Å². The number of halogens is 1. The number of alkyl halides is 1. The third kappa shape index (κ3) is 1.71. The minimum atomic E-state index is -0.266. The monoisotopic (exact) mass is 283 g/mol. The maximum absolute atomic E-state index is 11.8. The van der Waals surface area contributed by atoms with Gasteiger partial charge in [-0.25, -0.2) is 4.79 Å². The molecular weight excluding hydrogens is 270 g/mol. The molecule has 1 aromatic carbocycles. The van der Waals surface area contributed by atoms with Crippen molar-refractivity contribution in [2.75, 3.05) is 18.6 Å². The second-order valence-electron chi connectivity index (χ2n) is 3.77. The SMILES string of the molecule is CCOC(=O)C1C(Br)c2ccccc2N1C. The van der Waals surface area contributed by atoms with Crippen molar-refractivity contribution in [3.8, 4) is 0 Å². The van der Waals surface area contributed by atoms with Gasteiger partial charge in [-0.15, -0.1) is 0 Å². The van der Waals surface area contributed by atoms with E-state index in [0.29, 0.717) is 6.61 Å². The molecule has 0 radical (unpaired) electrons. The first-order valence-electron chi connectivity index (χ1n) is 5.29. The van der Waals surface area contributed by atoms with Crippen LogP contribution in [0.4, 0.5) is 5.69 Å². The standard InChI is InChI=1S/C12H14BrNO2/c1-3-16-12(15)11-10(13)8-6-4-5-7-9(8)14(11)2/h4-7,10-11H,3H2,1-2H3. The summed E-state index contributed by atoms with van der Waals surface area (Å²) in [5, 5.41) is 0. The van der Waals surface area contributed by atoms with Crippen LogP contribution in [0.1, 0.15) is 17.3 Å². The van der Waals surface area contributed by atoms with Gasteiger partial charge in [0.1, 0.15) is 6.04 Å². The van der Waals surface area contributed by atoms with Gasteiger partial charge in [0.05, 0.1) is 11.4 Å². The molecule has 1 aromatic rings. The van der Waals surface area contributed by atoms with E-state index in [1.165, 1.54) is 0 Å². The normalized spacial score (nSPS) is 23.1. The summed E-state index contributed by atoms with van der Waals surface area (Å²) in [6.07, 6.45) is 0. The number of nitrogens with zero attached hydrogens (tertiary/aromatic N) is 1. The van der Waals surface area contributed by atoms with E-state index < -0.39 is 0 Å². The number of ether oxygens (including phenoxy) is 1. The smallest absolute Gasteiger partial charge is 0.330 e. The molecule has 4 heteroatoms. The fourth-order valence-corrected chi connectivity index (χ4v) is 3.02. The van der Waals surface area contributed by atoms with Gasteiger partial charge in [0, 0.05) is 12.7 Å². The van der Waals surface area contributed by atoms with Crippen LogP contribution in [0.5, 0.6) is 0 Å². The molecule has 0 aromatic heterocycles. The zero-order chi connectivity index (χ0) is 11.7. The van der Waals surface area contributed by atoms with Crippen LogP contribution < -0.4 is 4.90 Å². The van der Waals surface area contributed by atoms with E-state index in [0.717, 1.165) is 11.3 Å². The first-order valence-corrected chi connectivity index (χ1v) is 6.20. The molecule has 1 aliphatic heterocycles. The molecule has 0 bridgehead atoms. The summed E-state index contributed by atoms with van der Waals surface area (Å²) in [7, 11) is 1.92. The summed E-state index contributed by atoms with van der Waals surface area (Å²) in [6, 6.07) is 7.74. The summed E-state index contributed by atoms with van der Waals surface area (Å²) in [5.74, 6) is -0.178. The molecule has 2 unspecified atom stereocenters. The van der Waals surface area contributed by atoms with Crippen molar-refractivity contribution in [2.24, 2.45) is 0 Å². The van der Waals surface area contributed by atoms with Gasteiger partial charge in [-0.2, -0.15) is 0 Å². The molecule has 3 nitrogen and oxygen atoms in total. The molecule has 86 valence electrons. The number of esters is 1. The van der Waals surface area contributed by atoms with E-state index in [1.807, 2.05) is 43.1 Å². The molecule has 0 amide bonds. The first-order chi connectivity index (χ1) is 7.66. The lowest BCUT2D eigenvalue weighted by Crippen LogP contribution is -2.38. The Balaban J connectivity index is 2.31. The van der Waals surface area contributed by atoms with Crippen LogP contribution in [0.15, 0.2) is 24.3 Å². The lowest BCUT2D eigenvalue weighted by Gasteiger charge is -2.22. The molecular formula is C12H14BrNO2. The maximum atomic E-state index is 11.8. The average molecular weight is 284 g/mol. The van der Waals surface area contributed by atoms with Crippen molar-refractivity contribution in [3.63, 3.8) is 0 Å². The number of benzene rings is 1. The van der Waals surface area contributed by atoms with Crippen LogP contribution in [0, 0.1) is 0 Å². The van der Waals surface area contributed by atoms with Crippen LogP contribution >= 0.6 is 15.9 Å². The van der Waals surface area contributed by atoms with E-state index >= 15 is 0 Å². The molecule has 1 heterocycles. The molecule has 0 saturated carbocycles. The topological polar surface area (TPSA) is 29.5 Å². The van der Waals surface area contributed by atoms with Gasteiger partial charge in [-0.05, 0) is 18.6 Å². The Morgan fingerprint density at radius 3 is 2.81 bits per heavy atom. The number of anilines is 1. The van der Waals surface area contributed by atoms with E-state index in [9.17, 15) is 4.79 Å². The molecule has 0 spiro atoms. The van der Waals surface area contributed by atoms with Crippen LogP contribution in [-0.2, 0) is 9.53 Å². The number of carbonyl (C=O) groups excluding carboxylic acids is 1. The molecule has 1 aliphatic rings. The van der Waals surface area contributed by atoms with Gasteiger partial charge in [-0.3, -0.25) is 0 Å². The second-order valence-corrected chi connectivity index (χ2v) is 4.75. The second kappa shape index (κ2) is 4.45. The number of rotatable bonds is 2. The Kier molecular flexibility index (Phi) is 3.19. The predicted octanol–water partition coefficient (Wildman–Crippen LogP) is 2.50. The highest BCUT2D eigenvalue weighted by atomic mass is 79.9. The van der Waals surface area contributed by atoms with Crippen LogP contribution in [-0.4, -0.2) is 25.7 Å². The summed E-state index contributed by atoms with van der Waals surface area (Å²) in [6.45, 7) is 2.24.